The minimum Gasteiger partial charge on any atom is -0.481 e. The summed E-state index contributed by atoms with van der Waals surface area (Å²) in [5.74, 6) is -1.08. The van der Waals surface area contributed by atoms with Gasteiger partial charge in [-0.05, 0) is 30.5 Å². The molecule has 1 atom stereocenters. The van der Waals surface area contributed by atoms with E-state index in [1.54, 1.807) is 6.07 Å². The van der Waals surface area contributed by atoms with Crippen LogP contribution in [-0.4, -0.2) is 24.2 Å². The molecular formula is C12H14FNO2. The predicted octanol–water partition coefficient (Wildman–Crippen LogP) is 2.05. The lowest BCUT2D eigenvalue weighted by molar-refractivity contribution is -0.137. The van der Waals surface area contributed by atoms with Crippen LogP contribution in [0.5, 0.6) is 0 Å². The van der Waals surface area contributed by atoms with Gasteiger partial charge in [0.25, 0.3) is 0 Å². The highest BCUT2D eigenvalue weighted by Crippen LogP contribution is 2.31. The van der Waals surface area contributed by atoms with E-state index in [1.807, 2.05) is 11.9 Å². The van der Waals surface area contributed by atoms with Crippen LogP contribution in [0, 0.1) is 5.82 Å². The van der Waals surface area contributed by atoms with Crippen molar-refractivity contribution in [3.63, 3.8) is 0 Å². The fourth-order valence-electron chi connectivity index (χ4n) is 2.23. The van der Waals surface area contributed by atoms with Crippen LogP contribution < -0.4 is 4.90 Å². The predicted molar refractivity (Wildman–Crippen MR) is 59.2 cm³/mol. The Labute approximate surface area is 93.5 Å². The summed E-state index contributed by atoms with van der Waals surface area (Å²) in [6, 6.07) is 4.66. The van der Waals surface area contributed by atoms with Crippen molar-refractivity contribution in [2.24, 2.45) is 0 Å². The summed E-state index contributed by atoms with van der Waals surface area (Å²) in [7, 11) is 1.82. The molecule has 1 unspecified atom stereocenters. The molecule has 0 fully saturated rings. The third-order valence-electron chi connectivity index (χ3n) is 3.13. The number of carbonyl (C=O) groups is 1. The first-order valence-electron chi connectivity index (χ1n) is 5.31. The molecule has 0 saturated carbocycles. The molecular weight excluding hydrogens is 209 g/mol. The molecule has 2 rings (SSSR count). The van der Waals surface area contributed by atoms with E-state index >= 15 is 0 Å². The molecule has 0 bridgehead atoms. The van der Waals surface area contributed by atoms with Crippen LogP contribution in [0.2, 0.25) is 0 Å². The average molecular weight is 223 g/mol. The van der Waals surface area contributed by atoms with Crippen molar-refractivity contribution in [2.75, 3.05) is 11.9 Å². The highest BCUT2D eigenvalue weighted by atomic mass is 19.1. The number of hydrogen-bond acceptors (Lipinski definition) is 2. The van der Waals surface area contributed by atoms with Crippen molar-refractivity contribution >= 4 is 11.7 Å². The van der Waals surface area contributed by atoms with Crippen molar-refractivity contribution in [2.45, 2.75) is 25.3 Å². The second-order valence-electron chi connectivity index (χ2n) is 4.17. The van der Waals surface area contributed by atoms with Crippen LogP contribution in [-0.2, 0) is 11.2 Å². The van der Waals surface area contributed by atoms with Gasteiger partial charge in [0.05, 0.1) is 6.42 Å². The van der Waals surface area contributed by atoms with Crippen LogP contribution >= 0.6 is 0 Å². The van der Waals surface area contributed by atoms with E-state index in [0.717, 1.165) is 24.1 Å². The van der Waals surface area contributed by atoms with Crippen LogP contribution in [0.25, 0.3) is 0 Å². The van der Waals surface area contributed by atoms with Gasteiger partial charge in [-0.3, -0.25) is 4.79 Å². The van der Waals surface area contributed by atoms with Gasteiger partial charge in [0, 0.05) is 18.8 Å². The molecule has 1 N–H and O–H groups in total. The summed E-state index contributed by atoms with van der Waals surface area (Å²) >= 11 is 0. The molecule has 4 heteroatoms. The second kappa shape index (κ2) is 4.12. The Hall–Kier alpha value is -1.58. The number of benzene rings is 1. The molecule has 3 nitrogen and oxygen atoms in total. The van der Waals surface area contributed by atoms with Crippen molar-refractivity contribution < 1.29 is 14.3 Å². The van der Waals surface area contributed by atoms with Gasteiger partial charge in [-0.1, -0.05) is 6.07 Å². The lowest BCUT2D eigenvalue weighted by Crippen LogP contribution is -2.37. The molecule has 1 aliphatic heterocycles. The largest absolute Gasteiger partial charge is 0.481 e. The number of aryl methyl sites for hydroxylation is 1. The van der Waals surface area contributed by atoms with Gasteiger partial charge in [0.2, 0.25) is 0 Å². The minimum absolute atomic E-state index is 0.0354. The lowest BCUT2D eigenvalue weighted by Gasteiger charge is -2.35. The van der Waals surface area contributed by atoms with Gasteiger partial charge in [-0.2, -0.15) is 0 Å². The number of hydrogen-bond donors (Lipinski definition) is 1. The van der Waals surface area contributed by atoms with Crippen LogP contribution in [0.15, 0.2) is 18.2 Å². The number of anilines is 1. The standard InChI is InChI=1S/C12H14FNO2/c1-14-10(7-12(15)16)5-3-8-2-4-9(13)6-11(8)14/h2,4,6,10H,3,5,7H2,1H3,(H,15,16). The Morgan fingerprint density at radius 2 is 2.38 bits per heavy atom. The van der Waals surface area contributed by atoms with E-state index in [0.29, 0.717) is 0 Å². The minimum atomic E-state index is -0.809. The topological polar surface area (TPSA) is 40.5 Å². The summed E-state index contributed by atoms with van der Waals surface area (Å²) in [5, 5.41) is 8.79. The molecule has 16 heavy (non-hydrogen) atoms. The Kier molecular flexibility index (Phi) is 2.81. The van der Waals surface area contributed by atoms with Gasteiger partial charge in [0.1, 0.15) is 5.82 Å². The van der Waals surface area contributed by atoms with Crippen molar-refractivity contribution in [3.05, 3.63) is 29.6 Å². The highest BCUT2D eigenvalue weighted by molar-refractivity contribution is 5.69. The molecule has 86 valence electrons. The molecule has 1 heterocycles. The molecule has 0 amide bonds. The SMILES string of the molecule is CN1c2cc(F)ccc2CCC1CC(=O)O. The molecule has 1 aliphatic rings. The van der Waals surface area contributed by atoms with Crippen molar-refractivity contribution in [1.82, 2.24) is 0 Å². The number of halogens is 1. The molecule has 0 saturated heterocycles. The molecule has 1 aromatic carbocycles. The molecule has 0 radical (unpaired) electrons. The third kappa shape index (κ3) is 2.01. The number of aliphatic carboxylic acids is 1. The molecule has 0 aromatic heterocycles. The zero-order valence-electron chi connectivity index (χ0n) is 9.11. The summed E-state index contributed by atoms with van der Waals surface area (Å²) in [6.45, 7) is 0. The zero-order valence-corrected chi connectivity index (χ0v) is 9.11. The van der Waals surface area contributed by atoms with Gasteiger partial charge < -0.3 is 10.0 Å². The first-order valence-corrected chi connectivity index (χ1v) is 5.31. The van der Waals surface area contributed by atoms with Crippen molar-refractivity contribution in [1.29, 1.82) is 0 Å². The second-order valence-corrected chi connectivity index (χ2v) is 4.17. The summed E-state index contributed by atoms with van der Waals surface area (Å²) in [4.78, 5) is 12.6. The van der Waals surface area contributed by atoms with E-state index in [4.69, 9.17) is 5.11 Å². The fraction of sp³-hybridized carbons (Fsp3) is 0.417. The monoisotopic (exact) mass is 223 g/mol. The van der Waals surface area contributed by atoms with E-state index in [9.17, 15) is 9.18 Å². The maximum Gasteiger partial charge on any atom is 0.305 e. The first kappa shape index (κ1) is 10.9. The number of carboxylic acid groups (broad SMARTS) is 1. The quantitative estimate of drug-likeness (QED) is 0.834. The van der Waals surface area contributed by atoms with E-state index < -0.39 is 5.97 Å². The number of carboxylic acids is 1. The van der Waals surface area contributed by atoms with E-state index in [1.165, 1.54) is 12.1 Å². The Balaban J connectivity index is 2.26. The van der Waals surface area contributed by atoms with E-state index in [-0.39, 0.29) is 18.3 Å². The number of nitrogens with zero attached hydrogens (tertiary/aromatic N) is 1. The van der Waals surface area contributed by atoms with E-state index in [2.05, 4.69) is 0 Å². The fourth-order valence-corrected chi connectivity index (χ4v) is 2.23. The smallest absolute Gasteiger partial charge is 0.305 e. The average Bonchev–Trinajstić information content (AvgIpc) is 2.22. The van der Waals surface area contributed by atoms with Gasteiger partial charge in [-0.15, -0.1) is 0 Å². The Morgan fingerprint density at radius 3 is 3.06 bits per heavy atom. The summed E-state index contributed by atoms with van der Waals surface area (Å²) < 4.78 is 13.1. The van der Waals surface area contributed by atoms with Crippen LogP contribution in [0.4, 0.5) is 10.1 Å². The summed E-state index contributed by atoms with van der Waals surface area (Å²) in [5.41, 5.74) is 1.91. The van der Waals surface area contributed by atoms with Gasteiger partial charge in [0.15, 0.2) is 0 Å². The highest BCUT2D eigenvalue weighted by Gasteiger charge is 2.25. The van der Waals surface area contributed by atoms with Crippen LogP contribution in [0.1, 0.15) is 18.4 Å². The summed E-state index contributed by atoms with van der Waals surface area (Å²) in [6.07, 6.45) is 1.73. The maximum absolute atomic E-state index is 13.1. The normalized spacial score (nSPS) is 19.4. The molecule has 0 aliphatic carbocycles. The van der Waals surface area contributed by atoms with Crippen molar-refractivity contribution in [3.8, 4) is 0 Å². The number of fused-ring (bicyclic) bond motifs is 1. The van der Waals surface area contributed by atoms with Crippen LogP contribution in [0.3, 0.4) is 0 Å². The first-order chi connectivity index (χ1) is 7.58. The third-order valence-corrected chi connectivity index (χ3v) is 3.13. The van der Waals surface area contributed by atoms with Gasteiger partial charge in [-0.25, -0.2) is 4.39 Å². The number of rotatable bonds is 2. The van der Waals surface area contributed by atoms with Gasteiger partial charge >= 0.3 is 5.97 Å². The Bertz CT molecular complexity index is 419. The molecule has 1 aromatic rings. The maximum atomic E-state index is 13.1. The Morgan fingerprint density at radius 1 is 1.62 bits per heavy atom. The zero-order chi connectivity index (χ0) is 11.7. The molecule has 0 spiro atoms. The lowest BCUT2D eigenvalue weighted by atomic mass is 9.94.